The van der Waals surface area contributed by atoms with Gasteiger partial charge < -0.3 is 4.57 Å². The van der Waals surface area contributed by atoms with Crippen LogP contribution >= 0.6 is 0 Å². The third-order valence-electron chi connectivity index (χ3n) is 18.6. The molecule has 4 aromatic heterocycles. The van der Waals surface area contributed by atoms with Crippen molar-refractivity contribution in [2.24, 2.45) is 0 Å². The maximum atomic E-state index is 5.95. The van der Waals surface area contributed by atoms with Crippen LogP contribution in [0.3, 0.4) is 0 Å². The summed E-state index contributed by atoms with van der Waals surface area (Å²) in [5.41, 5.74) is 9.43. The molecule has 0 saturated heterocycles. The molecule has 0 aliphatic heterocycles. The highest BCUT2D eigenvalue weighted by atomic mass is 28.3. The van der Waals surface area contributed by atoms with E-state index in [4.69, 9.17) is 9.97 Å². The summed E-state index contributed by atoms with van der Waals surface area (Å²) in [6, 6.07) is 128. The third kappa shape index (κ3) is 8.13. The second-order valence-corrected chi connectivity index (χ2v) is 30.8. The molecule has 0 spiro atoms. The van der Waals surface area contributed by atoms with Crippen molar-refractivity contribution < 1.29 is 0 Å². The summed E-state index contributed by atoms with van der Waals surface area (Å²) in [6.45, 7) is 0. The van der Waals surface area contributed by atoms with Gasteiger partial charge in [-0.05, 0) is 84.0 Å². The van der Waals surface area contributed by atoms with Gasteiger partial charge in [-0.15, -0.1) is 0 Å². The highest BCUT2D eigenvalue weighted by Crippen LogP contribution is 2.43. The topological polar surface area (TPSA) is 40.6 Å². The molecule has 13 aromatic carbocycles. The van der Waals surface area contributed by atoms with Gasteiger partial charge in [0.05, 0.1) is 38.8 Å². The predicted molar refractivity (Wildman–Crippen MR) is 378 cm³/mol. The van der Waals surface area contributed by atoms with Gasteiger partial charge in [-0.2, -0.15) is 4.98 Å². The first kappa shape index (κ1) is 52.1. The molecule has 0 radical (unpaired) electrons. The highest BCUT2D eigenvalue weighted by Gasteiger charge is 2.43. The molecule has 89 heavy (non-hydrogen) atoms. The molecule has 0 aliphatic rings. The van der Waals surface area contributed by atoms with E-state index in [1.165, 1.54) is 52.3 Å². The van der Waals surface area contributed by atoms with Crippen LogP contribution in [0.15, 0.2) is 346 Å². The minimum Gasteiger partial charge on any atom is -0.309 e. The molecule has 0 aliphatic carbocycles. The largest absolute Gasteiger partial charge is 0.309 e. The maximum absolute atomic E-state index is 5.95. The number of benzene rings is 13. The summed E-state index contributed by atoms with van der Waals surface area (Å²) in [6.07, 6.45) is 0. The Kier molecular flexibility index (Phi) is 12.5. The molecule has 17 aromatic rings. The number of aromatic nitrogens is 5. The van der Waals surface area contributed by atoms with Crippen molar-refractivity contribution in [3.8, 4) is 28.7 Å². The zero-order chi connectivity index (χ0) is 58.9. The summed E-state index contributed by atoms with van der Waals surface area (Å²) in [7, 11) is -5.90. The van der Waals surface area contributed by atoms with E-state index < -0.39 is 16.1 Å². The molecule has 5 nitrogen and oxygen atoms in total. The van der Waals surface area contributed by atoms with Crippen LogP contribution in [-0.4, -0.2) is 39.8 Å². The average Bonchev–Trinajstić information content (AvgIpc) is 1.69. The van der Waals surface area contributed by atoms with Crippen LogP contribution in [-0.2, 0) is 0 Å². The summed E-state index contributed by atoms with van der Waals surface area (Å²) >= 11 is 0. The van der Waals surface area contributed by atoms with Gasteiger partial charge in [-0.3, -0.25) is 9.13 Å². The molecule has 0 amide bonds. The van der Waals surface area contributed by atoms with Gasteiger partial charge in [0.1, 0.15) is 5.82 Å². The Bertz CT molecular complexity index is 5280. The van der Waals surface area contributed by atoms with E-state index in [2.05, 4.69) is 359 Å². The molecule has 0 bridgehead atoms. The Morgan fingerprint density at radius 3 is 1.15 bits per heavy atom. The average molecular weight is 1170 g/mol. The van der Waals surface area contributed by atoms with Gasteiger partial charge in [0, 0.05) is 49.6 Å². The Morgan fingerprint density at radius 1 is 0.236 bits per heavy atom. The van der Waals surface area contributed by atoms with Crippen LogP contribution in [0, 0.1) is 0 Å². The lowest BCUT2D eigenvalue weighted by Crippen LogP contribution is -2.74. The number of para-hydroxylation sites is 4. The van der Waals surface area contributed by atoms with E-state index in [-0.39, 0.29) is 0 Å². The lowest BCUT2D eigenvalue weighted by Gasteiger charge is -2.34. The van der Waals surface area contributed by atoms with Crippen molar-refractivity contribution in [2.75, 3.05) is 0 Å². The highest BCUT2D eigenvalue weighted by molar-refractivity contribution is 7.20. The summed E-state index contributed by atoms with van der Waals surface area (Å²) in [4.78, 5) is 11.8. The number of rotatable bonds is 12. The first-order valence-electron chi connectivity index (χ1n) is 30.6. The van der Waals surface area contributed by atoms with E-state index in [9.17, 15) is 0 Å². The molecule has 0 unspecified atom stereocenters. The fourth-order valence-electron chi connectivity index (χ4n) is 14.8. The molecule has 4 heterocycles. The van der Waals surface area contributed by atoms with Crippen molar-refractivity contribution in [3.63, 3.8) is 0 Å². The minimum absolute atomic E-state index is 0.585. The van der Waals surface area contributed by atoms with Crippen molar-refractivity contribution in [1.82, 2.24) is 23.7 Å². The Hall–Kier alpha value is -11.2. The molecule has 0 atom stereocenters. The van der Waals surface area contributed by atoms with Gasteiger partial charge in [0.2, 0.25) is 5.95 Å². The molecule has 418 valence electrons. The standard InChI is InChI=1S/C82H57N5Si2/c1-8-30-59(31-9-1)85-76-50-27-24-47-71(76)80-78(85)54-52-70-68-45-22-26-49-75(68)87(81(70)80)79-57-73(58-29-28-44-66(55-58)88(60-32-10-2-11-33-60,61-34-12-3-13-35-61)62-36-14-4-15-37-62)83-82(84-79)86-74-48-25-23-46-69(74)72-56-67(51-53-77(72)86)89(63-38-16-5-17-39-63,64-40-18-6-19-41-64)65-42-20-7-21-43-65/h1-57H. The fourth-order valence-corrected chi connectivity index (χ4v) is 24.4. The summed E-state index contributed by atoms with van der Waals surface area (Å²) in [5, 5.41) is 17.4. The van der Waals surface area contributed by atoms with E-state index in [1.54, 1.807) is 0 Å². The van der Waals surface area contributed by atoms with Crippen LogP contribution in [0.1, 0.15) is 0 Å². The lowest BCUT2D eigenvalue weighted by atomic mass is 10.1. The first-order chi connectivity index (χ1) is 44.2. The Labute approximate surface area is 518 Å². The lowest BCUT2D eigenvalue weighted by molar-refractivity contribution is 0.953. The number of nitrogens with zero attached hydrogens (tertiary/aromatic N) is 5. The first-order valence-corrected chi connectivity index (χ1v) is 34.6. The van der Waals surface area contributed by atoms with Crippen LogP contribution in [0.5, 0.6) is 0 Å². The molecule has 0 fully saturated rings. The summed E-state index contributed by atoms with van der Waals surface area (Å²) < 4.78 is 7.16. The van der Waals surface area contributed by atoms with E-state index in [0.29, 0.717) is 5.95 Å². The van der Waals surface area contributed by atoms with Gasteiger partial charge in [0.15, 0.2) is 16.1 Å². The van der Waals surface area contributed by atoms with Gasteiger partial charge >= 0.3 is 0 Å². The molecule has 7 heteroatoms. The second-order valence-electron chi connectivity index (χ2n) is 23.2. The van der Waals surface area contributed by atoms with Crippen LogP contribution in [0.2, 0.25) is 0 Å². The Balaban J connectivity index is 0.978. The van der Waals surface area contributed by atoms with E-state index in [1.807, 2.05) is 0 Å². The SMILES string of the molecule is c1ccc(-n2c3ccccc3c3c2ccc2c4ccccc4n(-c4cc(-c5cccc([Si](c6ccccc6)(c6ccccc6)c6ccccc6)c5)nc(-n5c6ccccc6c6cc([Si](c7ccccc7)(c7ccccc7)c7ccccc7)ccc65)n4)c23)cc1. The number of hydrogen-bond acceptors (Lipinski definition) is 2. The van der Waals surface area contributed by atoms with Gasteiger partial charge in [-0.1, -0.05) is 297 Å². The predicted octanol–water partition coefficient (Wildman–Crippen LogP) is 14.2. The molecule has 17 rings (SSSR count). The van der Waals surface area contributed by atoms with E-state index in [0.717, 1.165) is 77.4 Å². The third-order valence-corrected chi connectivity index (χ3v) is 28.1. The zero-order valence-corrected chi connectivity index (χ0v) is 50.6. The monoisotopic (exact) mass is 1170 g/mol. The summed E-state index contributed by atoms with van der Waals surface area (Å²) in [5.74, 6) is 1.36. The molecule has 0 saturated carbocycles. The van der Waals surface area contributed by atoms with Crippen LogP contribution in [0.4, 0.5) is 0 Å². The van der Waals surface area contributed by atoms with Crippen molar-refractivity contribution >= 4 is 123 Å². The van der Waals surface area contributed by atoms with E-state index >= 15 is 0 Å². The van der Waals surface area contributed by atoms with Crippen molar-refractivity contribution in [2.45, 2.75) is 0 Å². The maximum Gasteiger partial charge on any atom is 0.237 e. The van der Waals surface area contributed by atoms with Gasteiger partial charge in [0.25, 0.3) is 0 Å². The van der Waals surface area contributed by atoms with Crippen LogP contribution < -0.4 is 41.5 Å². The zero-order valence-electron chi connectivity index (χ0n) is 48.6. The van der Waals surface area contributed by atoms with Crippen molar-refractivity contribution in [3.05, 3.63) is 346 Å². The fraction of sp³-hybridized carbons (Fsp3) is 0. The number of hydrogen-bond donors (Lipinski definition) is 0. The minimum atomic E-state index is -2.97. The molecular formula is C82H57N5Si2. The van der Waals surface area contributed by atoms with Crippen molar-refractivity contribution in [1.29, 1.82) is 0 Å². The number of fused-ring (bicyclic) bond motifs is 10. The Morgan fingerprint density at radius 2 is 0.629 bits per heavy atom. The molecular weight excluding hydrogens is 1110 g/mol. The van der Waals surface area contributed by atoms with Crippen LogP contribution in [0.25, 0.3) is 94.1 Å². The normalized spacial score (nSPS) is 12.0. The second kappa shape index (κ2) is 21.3. The smallest absolute Gasteiger partial charge is 0.237 e. The molecule has 0 N–H and O–H groups in total. The quantitative estimate of drug-likeness (QED) is 0.0903. The van der Waals surface area contributed by atoms with Gasteiger partial charge in [-0.25, -0.2) is 4.98 Å².